The molecule has 0 radical (unpaired) electrons. The minimum atomic E-state index is 0.111. The number of carbonyl (C=O) groups is 1. The van der Waals surface area contributed by atoms with Gasteiger partial charge in [0.2, 0.25) is 0 Å². The van der Waals surface area contributed by atoms with Gasteiger partial charge in [-0.25, -0.2) is 0 Å². The SMILES string of the molecule is CN1[C@@H]2CC[C@H]1C[C@H](N1Cc3cccc4c(N)c(Cl)cc(c34)C1=O)C2. The largest absolute Gasteiger partial charge is 0.397 e. The normalized spacial score (nSPS) is 28.8. The molecule has 0 saturated carbocycles. The number of carbonyl (C=O) groups excluding carboxylic acids is 1. The van der Waals surface area contributed by atoms with Crippen molar-refractivity contribution in [3.63, 3.8) is 0 Å². The van der Waals surface area contributed by atoms with Crippen LogP contribution in [0.1, 0.15) is 41.6 Å². The molecule has 25 heavy (non-hydrogen) atoms. The van der Waals surface area contributed by atoms with Crippen LogP contribution in [0.2, 0.25) is 5.02 Å². The standard InChI is InChI=1S/C20H22ClN3O/c1-23-12-5-6-13(23)8-14(7-12)24-10-11-3-2-4-15-18(11)16(20(24)25)9-17(21)19(15)22/h2-4,9,12-14H,5-8,10,22H2,1H3/t12-,13+,14-. The van der Waals surface area contributed by atoms with Crippen molar-refractivity contribution < 1.29 is 4.79 Å². The molecule has 0 spiro atoms. The van der Waals surface area contributed by atoms with Crippen LogP contribution in [0.5, 0.6) is 0 Å². The third kappa shape index (κ3) is 2.14. The first kappa shape index (κ1) is 15.5. The lowest BCUT2D eigenvalue weighted by Crippen LogP contribution is -2.51. The number of piperidine rings is 1. The molecule has 130 valence electrons. The Morgan fingerprint density at radius 2 is 1.88 bits per heavy atom. The van der Waals surface area contributed by atoms with Gasteiger partial charge < -0.3 is 15.5 Å². The second-order valence-corrected chi connectivity index (χ2v) is 8.18. The van der Waals surface area contributed by atoms with Crippen LogP contribution in [0.4, 0.5) is 5.69 Å². The summed E-state index contributed by atoms with van der Waals surface area (Å²) < 4.78 is 0. The number of nitrogen functional groups attached to an aromatic ring is 1. The molecule has 3 atom stereocenters. The second-order valence-electron chi connectivity index (χ2n) is 7.77. The number of hydrogen-bond acceptors (Lipinski definition) is 3. The number of fused-ring (bicyclic) bond motifs is 2. The molecule has 2 N–H and O–H groups in total. The summed E-state index contributed by atoms with van der Waals surface area (Å²) in [5, 5.41) is 2.36. The van der Waals surface area contributed by atoms with Crippen LogP contribution in [0.15, 0.2) is 24.3 Å². The van der Waals surface area contributed by atoms with Crippen molar-refractivity contribution in [3.8, 4) is 0 Å². The van der Waals surface area contributed by atoms with E-state index in [1.165, 1.54) is 18.4 Å². The fourth-order valence-corrected chi connectivity index (χ4v) is 5.40. The van der Waals surface area contributed by atoms with Gasteiger partial charge in [0.1, 0.15) is 0 Å². The van der Waals surface area contributed by atoms with Crippen molar-refractivity contribution in [2.45, 2.75) is 50.4 Å². The first-order chi connectivity index (χ1) is 12.0. The number of benzene rings is 2. The molecule has 0 aromatic heterocycles. The molecule has 0 aliphatic carbocycles. The number of rotatable bonds is 1. The zero-order valence-electron chi connectivity index (χ0n) is 14.3. The molecular formula is C20H22ClN3O. The molecule has 4 nitrogen and oxygen atoms in total. The Labute approximate surface area is 152 Å². The van der Waals surface area contributed by atoms with E-state index in [1.54, 1.807) is 6.07 Å². The summed E-state index contributed by atoms with van der Waals surface area (Å²) in [5.41, 5.74) is 8.62. The highest BCUT2D eigenvalue weighted by Crippen LogP contribution is 2.41. The van der Waals surface area contributed by atoms with Crippen LogP contribution >= 0.6 is 11.6 Å². The van der Waals surface area contributed by atoms with Gasteiger partial charge in [0, 0.05) is 41.0 Å². The van der Waals surface area contributed by atoms with Crippen LogP contribution in [0, 0.1) is 0 Å². The highest BCUT2D eigenvalue weighted by molar-refractivity contribution is 6.36. The fourth-order valence-electron chi connectivity index (χ4n) is 5.19. The monoisotopic (exact) mass is 355 g/mol. The van der Waals surface area contributed by atoms with Crippen molar-refractivity contribution in [2.24, 2.45) is 0 Å². The predicted octanol–water partition coefficient (Wildman–Crippen LogP) is 3.66. The third-order valence-electron chi connectivity index (χ3n) is 6.58. The molecule has 3 aliphatic rings. The maximum Gasteiger partial charge on any atom is 0.255 e. The topological polar surface area (TPSA) is 49.6 Å². The van der Waals surface area contributed by atoms with Crippen LogP contribution in [-0.4, -0.2) is 40.9 Å². The summed E-state index contributed by atoms with van der Waals surface area (Å²) in [5.74, 6) is 0.111. The van der Waals surface area contributed by atoms with Gasteiger partial charge in [-0.2, -0.15) is 0 Å². The van der Waals surface area contributed by atoms with Gasteiger partial charge in [-0.1, -0.05) is 29.8 Å². The number of hydrogen-bond donors (Lipinski definition) is 1. The van der Waals surface area contributed by atoms with Gasteiger partial charge >= 0.3 is 0 Å². The van der Waals surface area contributed by atoms with Crippen molar-refractivity contribution in [3.05, 3.63) is 40.4 Å². The summed E-state index contributed by atoms with van der Waals surface area (Å²) in [6, 6.07) is 9.40. The van der Waals surface area contributed by atoms with E-state index in [-0.39, 0.29) is 5.91 Å². The summed E-state index contributed by atoms with van der Waals surface area (Å²) in [4.78, 5) is 17.9. The van der Waals surface area contributed by atoms with E-state index in [4.69, 9.17) is 17.3 Å². The minimum Gasteiger partial charge on any atom is -0.397 e. The Kier molecular flexibility index (Phi) is 3.32. The minimum absolute atomic E-state index is 0.111. The lowest BCUT2D eigenvalue weighted by Gasteiger charge is -2.43. The van der Waals surface area contributed by atoms with E-state index >= 15 is 0 Å². The van der Waals surface area contributed by atoms with Gasteiger partial charge in [-0.05, 0) is 44.4 Å². The van der Waals surface area contributed by atoms with E-state index in [2.05, 4.69) is 22.9 Å². The van der Waals surface area contributed by atoms with E-state index in [1.807, 2.05) is 12.1 Å². The number of nitrogens with two attached hydrogens (primary N) is 1. The van der Waals surface area contributed by atoms with E-state index in [0.29, 0.717) is 40.9 Å². The van der Waals surface area contributed by atoms with E-state index in [9.17, 15) is 4.79 Å². The van der Waals surface area contributed by atoms with Crippen LogP contribution in [0.25, 0.3) is 10.8 Å². The molecule has 3 aliphatic heterocycles. The van der Waals surface area contributed by atoms with Gasteiger partial charge in [0.15, 0.2) is 0 Å². The van der Waals surface area contributed by atoms with Crippen molar-refractivity contribution in [1.29, 1.82) is 0 Å². The number of nitrogens with zero attached hydrogens (tertiary/aromatic N) is 2. The average Bonchev–Trinajstić information content (AvgIpc) is 2.83. The van der Waals surface area contributed by atoms with Crippen molar-refractivity contribution >= 4 is 34.0 Å². The quantitative estimate of drug-likeness (QED) is 0.794. The van der Waals surface area contributed by atoms with Gasteiger partial charge in [-0.3, -0.25) is 4.79 Å². The summed E-state index contributed by atoms with van der Waals surface area (Å²) in [6.45, 7) is 0.679. The summed E-state index contributed by atoms with van der Waals surface area (Å²) in [7, 11) is 2.23. The molecule has 2 fully saturated rings. The molecular weight excluding hydrogens is 334 g/mol. The maximum absolute atomic E-state index is 13.3. The van der Waals surface area contributed by atoms with E-state index in [0.717, 1.165) is 23.6 Å². The van der Waals surface area contributed by atoms with Gasteiger partial charge in [-0.15, -0.1) is 0 Å². The van der Waals surface area contributed by atoms with Crippen molar-refractivity contribution in [1.82, 2.24) is 9.80 Å². The van der Waals surface area contributed by atoms with Gasteiger partial charge in [0.25, 0.3) is 5.91 Å². The molecule has 2 aromatic carbocycles. The van der Waals surface area contributed by atoms with Crippen molar-refractivity contribution in [2.75, 3.05) is 12.8 Å². The second kappa shape index (κ2) is 5.36. The highest BCUT2D eigenvalue weighted by Gasteiger charge is 2.42. The molecule has 2 aromatic rings. The average molecular weight is 356 g/mol. The Morgan fingerprint density at radius 1 is 1.16 bits per heavy atom. The lowest BCUT2D eigenvalue weighted by molar-refractivity contribution is 0.0452. The molecule has 5 heteroatoms. The lowest BCUT2D eigenvalue weighted by atomic mass is 9.89. The molecule has 0 unspecified atom stereocenters. The Balaban J connectivity index is 1.58. The predicted molar refractivity (Wildman–Crippen MR) is 101 cm³/mol. The summed E-state index contributed by atoms with van der Waals surface area (Å²) >= 11 is 6.32. The summed E-state index contributed by atoms with van der Waals surface area (Å²) in [6.07, 6.45) is 4.67. The Hall–Kier alpha value is -1.78. The fraction of sp³-hybridized carbons (Fsp3) is 0.450. The first-order valence-corrected chi connectivity index (χ1v) is 9.45. The molecule has 2 bridgehead atoms. The third-order valence-corrected chi connectivity index (χ3v) is 6.90. The molecule has 3 heterocycles. The Morgan fingerprint density at radius 3 is 2.60 bits per heavy atom. The Bertz CT molecular complexity index is 882. The number of halogens is 1. The van der Waals surface area contributed by atoms with Crippen LogP contribution < -0.4 is 5.73 Å². The zero-order valence-corrected chi connectivity index (χ0v) is 15.1. The smallest absolute Gasteiger partial charge is 0.255 e. The first-order valence-electron chi connectivity index (χ1n) is 9.07. The zero-order chi connectivity index (χ0) is 17.3. The van der Waals surface area contributed by atoms with Crippen LogP contribution in [0.3, 0.4) is 0 Å². The van der Waals surface area contributed by atoms with Crippen LogP contribution in [-0.2, 0) is 6.54 Å². The van der Waals surface area contributed by atoms with Gasteiger partial charge in [0.05, 0.1) is 10.7 Å². The number of amides is 1. The molecule has 1 amide bonds. The molecule has 5 rings (SSSR count). The highest BCUT2D eigenvalue weighted by atomic mass is 35.5. The van der Waals surface area contributed by atoms with E-state index < -0.39 is 0 Å². The number of anilines is 1. The molecule has 2 saturated heterocycles. The maximum atomic E-state index is 13.3.